The number of hydrogen-bond donors (Lipinski definition) is 3. The molecule has 1 aromatic heterocycles. The Morgan fingerprint density at radius 1 is 1.53 bits per heavy atom. The van der Waals surface area contributed by atoms with E-state index in [1.165, 1.54) is 6.33 Å². The second kappa shape index (κ2) is 5.03. The molecule has 0 bridgehead atoms. The molecule has 1 amide bonds. The smallest absolute Gasteiger partial charge is 0.354 e. The summed E-state index contributed by atoms with van der Waals surface area (Å²) in [6, 6.07) is 0.0922. The molecule has 1 aliphatic carbocycles. The van der Waals surface area contributed by atoms with Crippen LogP contribution in [0.5, 0.6) is 0 Å². The first-order valence-corrected chi connectivity index (χ1v) is 6.46. The fourth-order valence-electron chi connectivity index (χ4n) is 2.70. The predicted molar refractivity (Wildman–Crippen MR) is 69.1 cm³/mol. The summed E-state index contributed by atoms with van der Waals surface area (Å²) >= 11 is 0. The lowest BCUT2D eigenvalue weighted by atomic mass is 9.75. The van der Waals surface area contributed by atoms with Crippen molar-refractivity contribution < 1.29 is 14.7 Å². The first kappa shape index (κ1) is 13.6. The molecule has 1 unspecified atom stereocenters. The summed E-state index contributed by atoms with van der Waals surface area (Å²) in [7, 11) is 0. The van der Waals surface area contributed by atoms with Gasteiger partial charge in [0.2, 0.25) is 0 Å². The molecule has 104 valence electrons. The second-order valence-corrected chi connectivity index (χ2v) is 5.86. The third kappa shape index (κ3) is 3.13. The van der Waals surface area contributed by atoms with Crippen LogP contribution in [0.25, 0.3) is 0 Å². The Labute approximate surface area is 111 Å². The van der Waals surface area contributed by atoms with E-state index in [0.29, 0.717) is 0 Å². The number of rotatable bonds is 3. The molecule has 1 heterocycles. The molecule has 0 aliphatic heterocycles. The first-order chi connectivity index (χ1) is 8.89. The summed E-state index contributed by atoms with van der Waals surface area (Å²) in [5.74, 6) is -1.59. The maximum Gasteiger partial charge on any atom is 0.354 e. The van der Waals surface area contributed by atoms with Crippen molar-refractivity contribution in [3.05, 3.63) is 17.7 Å². The maximum absolute atomic E-state index is 12.1. The zero-order valence-corrected chi connectivity index (χ0v) is 11.2. The highest BCUT2D eigenvalue weighted by atomic mass is 16.4. The summed E-state index contributed by atoms with van der Waals surface area (Å²) in [5, 5.41) is 11.8. The molecule has 1 fully saturated rings. The van der Waals surface area contributed by atoms with Crippen LogP contribution in [-0.4, -0.2) is 33.0 Å². The van der Waals surface area contributed by atoms with Gasteiger partial charge in [0, 0.05) is 6.04 Å². The SMILES string of the molecule is CC1(C)CCCC(NC(=O)c2nc[nH]c2C(=O)O)C1. The maximum atomic E-state index is 12.1. The Morgan fingerprint density at radius 3 is 2.89 bits per heavy atom. The van der Waals surface area contributed by atoms with Crippen molar-refractivity contribution in [2.75, 3.05) is 0 Å². The summed E-state index contributed by atoms with van der Waals surface area (Å²) < 4.78 is 0. The van der Waals surface area contributed by atoms with Gasteiger partial charge in [-0.05, 0) is 24.7 Å². The lowest BCUT2D eigenvalue weighted by Gasteiger charge is -2.35. The molecule has 6 nitrogen and oxygen atoms in total. The molecular formula is C13H19N3O3. The van der Waals surface area contributed by atoms with E-state index in [0.717, 1.165) is 25.7 Å². The molecule has 1 saturated carbocycles. The van der Waals surface area contributed by atoms with Gasteiger partial charge < -0.3 is 15.4 Å². The summed E-state index contributed by atoms with van der Waals surface area (Å²) in [5.41, 5.74) is 0.0145. The topological polar surface area (TPSA) is 95.1 Å². The predicted octanol–water partition coefficient (Wildman–Crippen LogP) is 1.81. The van der Waals surface area contributed by atoms with Crippen molar-refractivity contribution in [2.45, 2.75) is 45.6 Å². The van der Waals surface area contributed by atoms with Gasteiger partial charge in [-0.3, -0.25) is 4.79 Å². The van der Waals surface area contributed by atoms with E-state index in [1.54, 1.807) is 0 Å². The highest BCUT2D eigenvalue weighted by molar-refractivity contribution is 6.02. The third-order valence-electron chi connectivity index (χ3n) is 3.61. The molecule has 1 aliphatic rings. The number of hydrogen-bond acceptors (Lipinski definition) is 3. The standard InChI is InChI=1S/C13H19N3O3/c1-13(2)5-3-4-8(6-13)16-11(17)9-10(12(18)19)15-7-14-9/h7-8H,3-6H2,1-2H3,(H,14,15)(H,16,17)(H,18,19). The Morgan fingerprint density at radius 2 is 2.26 bits per heavy atom. The number of aromatic nitrogens is 2. The normalized spacial score (nSPS) is 21.9. The van der Waals surface area contributed by atoms with Gasteiger partial charge in [-0.2, -0.15) is 0 Å². The number of aromatic amines is 1. The fraction of sp³-hybridized carbons (Fsp3) is 0.615. The summed E-state index contributed by atoms with van der Waals surface area (Å²) in [6.45, 7) is 4.37. The van der Waals surface area contributed by atoms with Crippen molar-refractivity contribution in [1.82, 2.24) is 15.3 Å². The van der Waals surface area contributed by atoms with E-state index < -0.39 is 11.9 Å². The van der Waals surface area contributed by atoms with Gasteiger partial charge in [-0.15, -0.1) is 0 Å². The zero-order chi connectivity index (χ0) is 14.0. The molecule has 1 aromatic rings. The monoisotopic (exact) mass is 265 g/mol. The summed E-state index contributed by atoms with van der Waals surface area (Å²) in [4.78, 5) is 29.2. The van der Waals surface area contributed by atoms with E-state index >= 15 is 0 Å². The number of carbonyl (C=O) groups excluding carboxylic acids is 1. The van der Waals surface area contributed by atoms with Crippen molar-refractivity contribution in [3.8, 4) is 0 Å². The Hall–Kier alpha value is -1.85. The molecule has 1 atom stereocenters. The van der Waals surface area contributed by atoms with Crippen LogP contribution in [0.1, 0.15) is 60.5 Å². The number of H-pyrrole nitrogens is 1. The molecule has 3 N–H and O–H groups in total. The van der Waals surface area contributed by atoms with E-state index in [-0.39, 0.29) is 22.8 Å². The number of carbonyl (C=O) groups is 2. The van der Waals surface area contributed by atoms with Crippen molar-refractivity contribution in [3.63, 3.8) is 0 Å². The summed E-state index contributed by atoms with van der Waals surface area (Å²) in [6.07, 6.45) is 5.29. The number of imidazole rings is 1. The molecule has 0 aromatic carbocycles. The highest BCUT2D eigenvalue weighted by Crippen LogP contribution is 2.35. The average Bonchev–Trinajstić information content (AvgIpc) is 2.76. The minimum absolute atomic E-state index is 0.0455. The van der Waals surface area contributed by atoms with Crippen LogP contribution in [0.4, 0.5) is 0 Å². The molecular weight excluding hydrogens is 246 g/mol. The average molecular weight is 265 g/mol. The fourth-order valence-corrected chi connectivity index (χ4v) is 2.70. The van der Waals surface area contributed by atoms with Crippen LogP contribution >= 0.6 is 0 Å². The third-order valence-corrected chi connectivity index (χ3v) is 3.61. The number of nitrogens with zero attached hydrogens (tertiary/aromatic N) is 1. The van der Waals surface area contributed by atoms with Crippen LogP contribution in [0.3, 0.4) is 0 Å². The van der Waals surface area contributed by atoms with Crippen LogP contribution in [-0.2, 0) is 0 Å². The Bertz CT molecular complexity index is 493. The van der Waals surface area contributed by atoms with Crippen molar-refractivity contribution >= 4 is 11.9 Å². The lowest BCUT2D eigenvalue weighted by Crippen LogP contribution is -2.41. The number of carboxylic acids is 1. The minimum Gasteiger partial charge on any atom is -0.477 e. The van der Waals surface area contributed by atoms with Gasteiger partial charge >= 0.3 is 5.97 Å². The van der Waals surface area contributed by atoms with Gasteiger partial charge in [-0.1, -0.05) is 20.3 Å². The molecule has 0 spiro atoms. The quantitative estimate of drug-likeness (QED) is 0.776. The Kier molecular flexibility index (Phi) is 3.59. The van der Waals surface area contributed by atoms with Crippen LogP contribution < -0.4 is 5.32 Å². The first-order valence-electron chi connectivity index (χ1n) is 6.46. The molecule has 2 rings (SSSR count). The lowest BCUT2D eigenvalue weighted by molar-refractivity contribution is 0.0683. The highest BCUT2D eigenvalue weighted by Gasteiger charge is 2.30. The van der Waals surface area contributed by atoms with E-state index in [4.69, 9.17) is 5.11 Å². The van der Waals surface area contributed by atoms with Gasteiger partial charge in [0.05, 0.1) is 6.33 Å². The Balaban J connectivity index is 2.05. The number of carboxylic acid groups (broad SMARTS) is 1. The van der Waals surface area contributed by atoms with Gasteiger partial charge in [0.25, 0.3) is 5.91 Å². The second-order valence-electron chi connectivity index (χ2n) is 5.86. The number of nitrogens with one attached hydrogen (secondary N) is 2. The minimum atomic E-state index is -1.17. The largest absolute Gasteiger partial charge is 0.477 e. The zero-order valence-electron chi connectivity index (χ0n) is 11.2. The van der Waals surface area contributed by atoms with Crippen LogP contribution in [0, 0.1) is 5.41 Å². The van der Waals surface area contributed by atoms with E-state index in [1.807, 2.05) is 0 Å². The molecule has 6 heteroatoms. The van der Waals surface area contributed by atoms with E-state index in [9.17, 15) is 9.59 Å². The van der Waals surface area contributed by atoms with Crippen LogP contribution in [0.15, 0.2) is 6.33 Å². The van der Waals surface area contributed by atoms with E-state index in [2.05, 4.69) is 29.1 Å². The number of aromatic carboxylic acids is 1. The van der Waals surface area contributed by atoms with Gasteiger partial charge in [-0.25, -0.2) is 9.78 Å². The van der Waals surface area contributed by atoms with Gasteiger partial charge in [0.1, 0.15) is 0 Å². The van der Waals surface area contributed by atoms with Crippen molar-refractivity contribution in [1.29, 1.82) is 0 Å². The number of amides is 1. The molecule has 0 saturated heterocycles. The van der Waals surface area contributed by atoms with Gasteiger partial charge in [0.15, 0.2) is 11.4 Å². The van der Waals surface area contributed by atoms with Crippen LogP contribution in [0.2, 0.25) is 0 Å². The molecule has 19 heavy (non-hydrogen) atoms. The molecule has 0 radical (unpaired) electrons. The van der Waals surface area contributed by atoms with Crippen molar-refractivity contribution in [2.24, 2.45) is 5.41 Å².